The lowest BCUT2D eigenvalue weighted by atomic mass is 10.0. The summed E-state index contributed by atoms with van der Waals surface area (Å²) in [5, 5.41) is 0. The van der Waals surface area contributed by atoms with E-state index < -0.39 is 11.2 Å². The Hall–Kier alpha value is -2.83. The summed E-state index contributed by atoms with van der Waals surface area (Å²) in [6.45, 7) is 4.77. The number of nitrogens with zero attached hydrogens (tertiary/aromatic N) is 3. The van der Waals surface area contributed by atoms with Crippen LogP contribution in [0.25, 0.3) is 22.6 Å². The molecule has 2 aliphatic heterocycles. The Balaban J connectivity index is 2.09. The third kappa shape index (κ3) is 3.97. The summed E-state index contributed by atoms with van der Waals surface area (Å²) in [6, 6.07) is 4.07. The van der Waals surface area contributed by atoms with Gasteiger partial charge in [-0.25, -0.2) is 9.78 Å². The fourth-order valence-electron chi connectivity index (χ4n) is 3.45. The maximum atomic E-state index is 12.2. The van der Waals surface area contributed by atoms with Crippen LogP contribution < -0.4 is 11.2 Å². The number of rotatable bonds is 8. The third-order valence-electron chi connectivity index (χ3n) is 4.90. The molecule has 0 aliphatic carbocycles. The van der Waals surface area contributed by atoms with Crippen molar-refractivity contribution in [2.24, 2.45) is 0 Å². The molecule has 0 fully saturated rings. The number of hydrogen-bond donors (Lipinski definition) is 1. The summed E-state index contributed by atoms with van der Waals surface area (Å²) in [7, 11) is 0. The van der Waals surface area contributed by atoms with E-state index in [1.54, 1.807) is 0 Å². The second kappa shape index (κ2) is 8.24. The minimum atomic E-state index is -0.656. The number of fused-ring (bicyclic) bond motifs is 2. The minimum absolute atomic E-state index is 0.187. The Morgan fingerprint density at radius 2 is 1.89 bits per heavy atom. The van der Waals surface area contributed by atoms with Gasteiger partial charge in [-0.2, -0.15) is 4.98 Å². The van der Waals surface area contributed by atoms with E-state index in [-0.39, 0.29) is 5.69 Å². The highest BCUT2D eigenvalue weighted by atomic mass is 16.2. The van der Waals surface area contributed by atoms with Crippen LogP contribution in [0.15, 0.2) is 21.7 Å². The van der Waals surface area contributed by atoms with Crippen molar-refractivity contribution in [1.29, 1.82) is 0 Å². The first-order valence-electron chi connectivity index (χ1n) is 9.43. The smallest absolute Gasteiger partial charge is 0.322 e. The van der Waals surface area contributed by atoms with Crippen molar-refractivity contribution in [3.8, 4) is 11.5 Å². The van der Waals surface area contributed by atoms with E-state index in [0.717, 1.165) is 55.0 Å². The molecule has 142 valence electrons. The zero-order valence-corrected chi connectivity index (χ0v) is 15.7. The van der Waals surface area contributed by atoms with Gasteiger partial charge in [0, 0.05) is 13.0 Å². The van der Waals surface area contributed by atoms with Crippen molar-refractivity contribution in [3.05, 3.63) is 44.1 Å². The van der Waals surface area contributed by atoms with Crippen LogP contribution in [-0.2, 0) is 17.8 Å². The number of carbonyl (C=O) groups excluding carboxylic acids is 1. The van der Waals surface area contributed by atoms with E-state index in [4.69, 9.17) is 0 Å². The number of hydrogen-bond acceptors (Lipinski definition) is 5. The van der Waals surface area contributed by atoms with Crippen LogP contribution in [0, 0.1) is 6.92 Å². The number of aryl methyl sites for hydroxylation is 3. The number of carbonyl (C=O) groups is 1. The molecule has 0 saturated carbocycles. The van der Waals surface area contributed by atoms with Gasteiger partial charge in [-0.3, -0.25) is 9.78 Å². The molecule has 2 heterocycles. The molecule has 2 aliphatic rings. The summed E-state index contributed by atoms with van der Waals surface area (Å²) in [5.74, 6) is 0.329. The first kappa shape index (κ1) is 18.9. The van der Waals surface area contributed by atoms with E-state index >= 15 is 0 Å². The number of aromatic nitrogens is 4. The van der Waals surface area contributed by atoms with E-state index in [1.807, 2.05) is 17.6 Å². The summed E-state index contributed by atoms with van der Waals surface area (Å²) < 4.78 is 1.94. The maximum Gasteiger partial charge on any atom is 0.349 e. The fraction of sp³-hybridized carbons (Fsp3) is 0.450. The Kier molecular flexibility index (Phi) is 5.78. The van der Waals surface area contributed by atoms with Crippen LogP contribution in [0.3, 0.4) is 0 Å². The van der Waals surface area contributed by atoms with Crippen LogP contribution in [0.5, 0.6) is 0 Å². The largest absolute Gasteiger partial charge is 0.349 e. The van der Waals surface area contributed by atoms with E-state index in [0.29, 0.717) is 18.8 Å². The normalized spacial score (nSPS) is 11.3. The number of aldehydes is 1. The van der Waals surface area contributed by atoms with Crippen molar-refractivity contribution >= 4 is 17.3 Å². The molecule has 0 aromatic heterocycles. The molecule has 0 atom stereocenters. The molecule has 0 bridgehead atoms. The predicted molar refractivity (Wildman–Crippen MR) is 104 cm³/mol. The lowest BCUT2D eigenvalue weighted by Crippen LogP contribution is -2.29. The molecule has 7 heteroatoms. The average molecular weight is 368 g/mol. The van der Waals surface area contributed by atoms with Gasteiger partial charge in [0.15, 0.2) is 11.5 Å². The topological polar surface area (TPSA) is 97.7 Å². The van der Waals surface area contributed by atoms with Crippen LogP contribution in [0.1, 0.15) is 50.2 Å². The highest BCUT2D eigenvalue weighted by Gasteiger charge is 2.19. The Bertz CT molecular complexity index is 1050. The molecule has 1 aromatic carbocycles. The van der Waals surface area contributed by atoms with Gasteiger partial charge in [-0.05, 0) is 49.4 Å². The van der Waals surface area contributed by atoms with Gasteiger partial charge in [-0.15, -0.1) is 0 Å². The van der Waals surface area contributed by atoms with Gasteiger partial charge < -0.3 is 9.36 Å². The first-order valence-corrected chi connectivity index (χ1v) is 9.43. The second-order valence-corrected chi connectivity index (χ2v) is 6.80. The molecule has 27 heavy (non-hydrogen) atoms. The van der Waals surface area contributed by atoms with Crippen LogP contribution in [-0.4, -0.2) is 25.8 Å². The molecule has 0 spiro atoms. The Morgan fingerprint density at radius 3 is 2.63 bits per heavy atom. The van der Waals surface area contributed by atoms with Crippen molar-refractivity contribution < 1.29 is 4.79 Å². The molecule has 0 saturated heterocycles. The van der Waals surface area contributed by atoms with Gasteiger partial charge in [0.25, 0.3) is 5.56 Å². The lowest BCUT2D eigenvalue weighted by molar-refractivity contribution is -0.107. The van der Waals surface area contributed by atoms with Crippen molar-refractivity contribution in [2.75, 3.05) is 0 Å². The summed E-state index contributed by atoms with van der Waals surface area (Å²) in [4.78, 5) is 45.2. The van der Waals surface area contributed by atoms with Crippen LogP contribution in [0.2, 0.25) is 0 Å². The molecule has 0 radical (unpaired) electrons. The van der Waals surface area contributed by atoms with Gasteiger partial charge in [0.1, 0.15) is 6.29 Å². The molecule has 1 N–H and O–H groups in total. The van der Waals surface area contributed by atoms with Gasteiger partial charge in [0.05, 0.1) is 11.0 Å². The first-order chi connectivity index (χ1) is 13.0. The van der Waals surface area contributed by atoms with Crippen LogP contribution >= 0.6 is 0 Å². The minimum Gasteiger partial charge on any atom is -0.322 e. The number of unbranched alkanes of at least 4 members (excludes halogenated alkanes) is 4. The standard InChI is InChI=1S/C20H24N4O3/c1-3-14-12-16-15(11-13(14)2)21-17-18(22-20(27)23-19(17)26)24(16)9-7-5-4-6-8-10-25/h10-12H,3-9H2,1-2H3,(H,23,26,27). The molecule has 3 rings (SSSR count). The molecule has 1 aromatic rings. The summed E-state index contributed by atoms with van der Waals surface area (Å²) in [5.41, 5.74) is 2.96. The number of H-pyrrole nitrogens is 1. The van der Waals surface area contributed by atoms with Crippen LogP contribution in [0.4, 0.5) is 0 Å². The highest BCUT2D eigenvalue weighted by molar-refractivity contribution is 5.81. The van der Waals surface area contributed by atoms with Crippen molar-refractivity contribution in [3.63, 3.8) is 0 Å². The summed E-state index contributed by atoms with van der Waals surface area (Å²) in [6.07, 6.45) is 6.11. The van der Waals surface area contributed by atoms with Gasteiger partial charge >= 0.3 is 5.69 Å². The number of nitrogens with one attached hydrogen (secondary N) is 1. The second-order valence-electron chi connectivity index (χ2n) is 6.80. The monoisotopic (exact) mass is 368 g/mol. The molecule has 0 unspecified atom stereocenters. The van der Waals surface area contributed by atoms with E-state index in [1.165, 1.54) is 5.56 Å². The van der Waals surface area contributed by atoms with Crippen molar-refractivity contribution in [1.82, 2.24) is 19.5 Å². The van der Waals surface area contributed by atoms with Gasteiger partial charge in [0.2, 0.25) is 0 Å². The van der Waals surface area contributed by atoms with E-state index in [9.17, 15) is 14.4 Å². The molecular formula is C20H24N4O3. The van der Waals surface area contributed by atoms with Gasteiger partial charge in [-0.1, -0.05) is 19.8 Å². The zero-order valence-electron chi connectivity index (χ0n) is 15.7. The SMILES string of the molecule is CCc1cc2c(cc1C)nc1c(=O)[nH]c(=O)nc-1n2CCCCCCC=O. The Labute approximate surface area is 156 Å². The fourth-order valence-corrected chi connectivity index (χ4v) is 3.45. The molecular weight excluding hydrogens is 344 g/mol. The Morgan fingerprint density at radius 1 is 1.11 bits per heavy atom. The van der Waals surface area contributed by atoms with E-state index in [2.05, 4.69) is 27.9 Å². The summed E-state index contributed by atoms with van der Waals surface area (Å²) >= 11 is 0. The zero-order chi connectivity index (χ0) is 19.4. The quantitative estimate of drug-likeness (QED) is 0.374. The average Bonchev–Trinajstić information content (AvgIpc) is 2.64. The maximum absolute atomic E-state index is 12.2. The third-order valence-corrected chi connectivity index (χ3v) is 4.90. The predicted octanol–water partition coefficient (Wildman–Crippen LogP) is 2.60. The lowest BCUT2D eigenvalue weighted by Gasteiger charge is -2.18. The van der Waals surface area contributed by atoms with Crippen molar-refractivity contribution in [2.45, 2.75) is 58.9 Å². The number of benzene rings is 1. The molecule has 0 amide bonds. The molecule has 7 nitrogen and oxygen atoms in total. The highest BCUT2D eigenvalue weighted by Crippen LogP contribution is 2.25. The number of aromatic amines is 1.